The molecule has 53 heavy (non-hydrogen) atoms. The van der Waals surface area contributed by atoms with Gasteiger partial charge in [-0.3, -0.25) is 4.79 Å². The van der Waals surface area contributed by atoms with E-state index in [0.717, 1.165) is 57.8 Å². The normalized spacial score (nSPS) is 12.7. The van der Waals surface area contributed by atoms with Gasteiger partial charge in [0.1, 0.15) is 6.10 Å². The molecule has 0 aromatic rings. The zero-order chi connectivity index (χ0) is 38.4. The second kappa shape index (κ2) is 46.5. The average molecular weight is 743 g/mol. The van der Waals surface area contributed by atoms with Crippen LogP contribution >= 0.6 is 0 Å². The maximum absolute atomic E-state index is 12.2. The second-order valence-corrected chi connectivity index (χ2v) is 15.5. The lowest BCUT2D eigenvalue weighted by atomic mass is 10.0. The Bertz CT molecular complexity index is 828. The zero-order valence-corrected chi connectivity index (χ0v) is 35.5. The maximum atomic E-state index is 12.2. The Hall–Kier alpha value is -1.65. The molecule has 0 saturated carbocycles. The van der Waals surface area contributed by atoms with Crippen molar-refractivity contribution in [2.45, 2.75) is 238 Å². The molecule has 0 aliphatic rings. The maximum Gasteiger partial charge on any atom is 0.306 e. The fourth-order valence-electron chi connectivity index (χ4n) is 6.73. The fourth-order valence-corrected chi connectivity index (χ4v) is 6.73. The average Bonchev–Trinajstić information content (AvgIpc) is 3.16. The van der Waals surface area contributed by atoms with Gasteiger partial charge in [-0.1, -0.05) is 223 Å². The van der Waals surface area contributed by atoms with E-state index in [-0.39, 0.29) is 12.6 Å². The summed E-state index contributed by atoms with van der Waals surface area (Å²) >= 11 is 0. The molecule has 0 aromatic carbocycles. The van der Waals surface area contributed by atoms with Crippen LogP contribution < -0.4 is 0 Å². The zero-order valence-electron chi connectivity index (χ0n) is 35.5. The SMILES string of the molecule is CC/C=C\C/C=C\C/C=C\C/C=C\CCCCCCCCC(=O)OC(CO)COCCCCCCCCCCCCCCCCCCCCCCCC. The van der Waals surface area contributed by atoms with E-state index in [0.29, 0.717) is 19.6 Å². The van der Waals surface area contributed by atoms with Crippen molar-refractivity contribution in [1.29, 1.82) is 0 Å². The third kappa shape index (κ3) is 44.6. The minimum absolute atomic E-state index is 0.176. The molecule has 0 aliphatic heterocycles. The van der Waals surface area contributed by atoms with E-state index in [4.69, 9.17) is 9.47 Å². The topological polar surface area (TPSA) is 55.8 Å². The molecule has 0 heterocycles. The molecule has 0 spiro atoms. The van der Waals surface area contributed by atoms with E-state index in [1.165, 1.54) is 154 Å². The van der Waals surface area contributed by atoms with Gasteiger partial charge in [-0.25, -0.2) is 0 Å². The van der Waals surface area contributed by atoms with Gasteiger partial charge in [0, 0.05) is 13.0 Å². The Kier molecular flexibility index (Phi) is 45.1. The van der Waals surface area contributed by atoms with Crippen molar-refractivity contribution in [2.75, 3.05) is 19.8 Å². The second-order valence-electron chi connectivity index (χ2n) is 15.5. The molecule has 1 atom stereocenters. The Labute approximate surface area is 331 Å². The monoisotopic (exact) mass is 743 g/mol. The van der Waals surface area contributed by atoms with Gasteiger partial charge in [-0.05, 0) is 51.4 Å². The van der Waals surface area contributed by atoms with Crippen LogP contribution in [0.25, 0.3) is 0 Å². The van der Waals surface area contributed by atoms with Gasteiger partial charge < -0.3 is 14.6 Å². The smallest absolute Gasteiger partial charge is 0.306 e. The fraction of sp³-hybridized carbons (Fsp3) is 0.816. The first-order chi connectivity index (χ1) is 26.2. The Morgan fingerprint density at radius 2 is 0.849 bits per heavy atom. The highest BCUT2D eigenvalue weighted by atomic mass is 16.6. The molecule has 0 saturated heterocycles. The van der Waals surface area contributed by atoms with Gasteiger partial charge in [0.05, 0.1) is 13.2 Å². The summed E-state index contributed by atoms with van der Waals surface area (Å²) in [6.07, 6.45) is 60.4. The molecule has 1 unspecified atom stereocenters. The van der Waals surface area contributed by atoms with Crippen LogP contribution in [0.15, 0.2) is 48.6 Å². The number of rotatable bonds is 43. The minimum Gasteiger partial charge on any atom is -0.457 e. The third-order valence-electron chi connectivity index (χ3n) is 10.2. The Morgan fingerprint density at radius 3 is 1.28 bits per heavy atom. The molecule has 1 N–H and O–H groups in total. The number of carbonyl (C=O) groups is 1. The summed E-state index contributed by atoms with van der Waals surface area (Å²) in [5.41, 5.74) is 0. The molecule has 0 amide bonds. The number of aliphatic hydroxyl groups is 1. The molecular formula is C49H90O4. The van der Waals surface area contributed by atoms with E-state index < -0.39 is 6.10 Å². The van der Waals surface area contributed by atoms with Crippen LogP contribution in [-0.4, -0.2) is 37.0 Å². The van der Waals surface area contributed by atoms with Gasteiger partial charge in [0.25, 0.3) is 0 Å². The summed E-state index contributed by atoms with van der Waals surface area (Å²) in [4.78, 5) is 12.2. The minimum atomic E-state index is -0.541. The standard InChI is InChI=1S/C49H90O4/c1-3-5-7-9-11-13-15-17-19-21-23-24-25-27-29-31-33-35-37-39-41-43-45-52-47-48(46-50)53-49(51)44-42-40-38-36-34-32-30-28-26-22-20-18-16-14-12-10-8-6-4-2/h6,8,12,14,18,20,26,28,48,50H,3-5,7,9-11,13,15-17,19,21-25,27,29-47H2,1-2H3/b8-6-,14-12-,20-18-,28-26-. The number of ether oxygens (including phenoxy) is 2. The highest BCUT2D eigenvalue weighted by molar-refractivity contribution is 5.69. The predicted octanol–water partition coefficient (Wildman–Crippen LogP) is 15.4. The summed E-state index contributed by atoms with van der Waals surface area (Å²) in [5.74, 6) is -0.212. The van der Waals surface area contributed by atoms with E-state index in [9.17, 15) is 9.90 Å². The molecule has 0 fully saturated rings. The van der Waals surface area contributed by atoms with Crippen LogP contribution in [0, 0.1) is 0 Å². The molecule has 0 radical (unpaired) electrons. The predicted molar refractivity (Wildman–Crippen MR) is 233 cm³/mol. The summed E-state index contributed by atoms with van der Waals surface area (Å²) in [6, 6.07) is 0. The lowest BCUT2D eigenvalue weighted by Gasteiger charge is -2.16. The number of hydrogen-bond acceptors (Lipinski definition) is 4. The van der Waals surface area contributed by atoms with Gasteiger partial charge in [-0.2, -0.15) is 0 Å². The number of allylic oxidation sites excluding steroid dienone is 8. The lowest BCUT2D eigenvalue weighted by Crippen LogP contribution is -2.27. The Balaban J connectivity index is 3.41. The first kappa shape index (κ1) is 51.4. The van der Waals surface area contributed by atoms with Crippen LogP contribution in [-0.2, 0) is 14.3 Å². The molecule has 0 aliphatic carbocycles. The number of aliphatic hydroxyl groups excluding tert-OH is 1. The molecule has 0 bridgehead atoms. The largest absolute Gasteiger partial charge is 0.457 e. The van der Waals surface area contributed by atoms with Crippen molar-refractivity contribution < 1.29 is 19.4 Å². The highest BCUT2D eigenvalue weighted by Gasteiger charge is 2.13. The van der Waals surface area contributed by atoms with Gasteiger partial charge in [0.15, 0.2) is 0 Å². The van der Waals surface area contributed by atoms with Gasteiger partial charge in [0.2, 0.25) is 0 Å². The van der Waals surface area contributed by atoms with Crippen molar-refractivity contribution in [3.05, 3.63) is 48.6 Å². The van der Waals surface area contributed by atoms with Crippen LogP contribution in [0.2, 0.25) is 0 Å². The summed E-state index contributed by atoms with van der Waals surface area (Å²) in [7, 11) is 0. The first-order valence-electron chi connectivity index (χ1n) is 23.2. The third-order valence-corrected chi connectivity index (χ3v) is 10.2. The number of hydrogen-bond donors (Lipinski definition) is 1. The molecule has 0 aromatic heterocycles. The van der Waals surface area contributed by atoms with E-state index in [1.54, 1.807) is 0 Å². The first-order valence-corrected chi connectivity index (χ1v) is 23.2. The van der Waals surface area contributed by atoms with E-state index in [2.05, 4.69) is 62.5 Å². The lowest BCUT2D eigenvalue weighted by molar-refractivity contribution is -0.154. The Morgan fingerprint density at radius 1 is 0.472 bits per heavy atom. The number of carbonyl (C=O) groups excluding carboxylic acids is 1. The summed E-state index contributed by atoms with van der Waals surface area (Å²) < 4.78 is 11.2. The molecule has 4 nitrogen and oxygen atoms in total. The van der Waals surface area contributed by atoms with Crippen molar-refractivity contribution in [3.63, 3.8) is 0 Å². The molecule has 310 valence electrons. The van der Waals surface area contributed by atoms with Crippen LogP contribution in [0.4, 0.5) is 0 Å². The van der Waals surface area contributed by atoms with Crippen molar-refractivity contribution >= 4 is 5.97 Å². The van der Waals surface area contributed by atoms with Crippen LogP contribution in [0.5, 0.6) is 0 Å². The quantitative estimate of drug-likeness (QED) is 0.0384. The van der Waals surface area contributed by atoms with E-state index in [1.807, 2.05) is 0 Å². The molecular weight excluding hydrogens is 653 g/mol. The van der Waals surface area contributed by atoms with Gasteiger partial charge in [-0.15, -0.1) is 0 Å². The summed E-state index contributed by atoms with van der Waals surface area (Å²) in [6.45, 7) is 5.25. The van der Waals surface area contributed by atoms with E-state index >= 15 is 0 Å². The van der Waals surface area contributed by atoms with Crippen molar-refractivity contribution in [1.82, 2.24) is 0 Å². The number of esters is 1. The van der Waals surface area contributed by atoms with Crippen LogP contribution in [0.3, 0.4) is 0 Å². The van der Waals surface area contributed by atoms with Crippen molar-refractivity contribution in [3.8, 4) is 0 Å². The summed E-state index contributed by atoms with van der Waals surface area (Å²) in [5, 5.41) is 9.62. The molecule has 0 rings (SSSR count). The number of unbranched alkanes of at least 4 members (excludes halogenated alkanes) is 27. The van der Waals surface area contributed by atoms with Crippen LogP contribution in [0.1, 0.15) is 232 Å². The highest BCUT2D eigenvalue weighted by Crippen LogP contribution is 2.16. The van der Waals surface area contributed by atoms with Gasteiger partial charge >= 0.3 is 5.97 Å². The van der Waals surface area contributed by atoms with Crippen molar-refractivity contribution in [2.24, 2.45) is 0 Å². The molecule has 4 heteroatoms.